The molecule has 6 rings (SSSR count). The molecule has 1 aromatic carbocycles. The van der Waals surface area contributed by atoms with Crippen LogP contribution in [0.5, 0.6) is 0 Å². The monoisotopic (exact) mass is 267 g/mol. The Kier molecular flexibility index (Phi) is 2.20. The van der Waals surface area contributed by atoms with E-state index < -0.39 is 0 Å². The maximum atomic E-state index is 5.86. The van der Waals surface area contributed by atoms with E-state index >= 15 is 0 Å². The molecule has 104 valence electrons. The predicted octanol–water partition coefficient (Wildman–Crippen LogP) is 4.19. The van der Waals surface area contributed by atoms with Crippen LogP contribution in [0.4, 0.5) is 5.69 Å². The number of hydrogen-bond donors (Lipinski definition) is 0. The standard InChI is InChI=1S/C18H21NO/c1-2-4-16(5-3-1)19-17-18(11-20-17)14-7-12-6-13(9-14)10-15(18)8-12/h1-5,12-15H,6-11H2. The van der Waals surface area contributed by atoms with Gasteiger partial charge in [0.2, 0.25) is 0 Å². The lowest BCUT2D eigenvalue weighted by atomic mass is 9.44. The smallest absolute Gasteiger partial charge is 0.198 e. The van der Waals surface area contributed by atoms with Gasteiger partial charge < -0.3 is 4.74 Å². The highest BCUT2D eigenvalue weighted by Gasteiger charge is 2.64. The third-order valence-corrected chi connectivity index (χ3v) is 6.43. The summed E-state index contributed by atoms with van der Waals surface area (Å²) in [6.07, 6.45) is 7.25. The molecular formula is C18H21NO. The first-order chi connectivity index (χ1) is 9.84. The number of rotatable bonds is 1. The van der Waals surface area contributed by atoms with Gasteiger partial charge in [-0.2, -0.15) is 0 Å². The summed E-state index contributed by atoms with van der Waals surface area (Å²) in [6.45, 7) is 0.938. The molecule has 4 saturated carbocycles. The number of ether oxygens (including phenoxy) is 1. The van der Waals surface area contributed by atoms with E-state index in [0.29, 0.717) is 5.41 Å². The predicted molar refractivity (Wildman–Crippen MR) is 79.0 cm³/mol. The minimum Gasteiger partial charge on any atom is -0.479 e. The van der Waals surface area contributed by atoms with Crippen molar-refractivity contribution in [2.75, 3.05) is 6.61 Å². The molecule has 2 nitrogen and oxygen atoms in total. The van der Waals surface area contributed by atoms with Crippen molar-refractivity contribution in [1.82, 2.24) is 0 Å². The lowest BCUT2D eigenvalue weighted by Gasteiger charge is -2.64. The molecule has 20 heavy (non-hydrogen) atoms. The van der Waals surface area contributed by atoms with Crippen LogP contribution >= 0.6 is 0 Å². The van der Waals surface area contributed by atoms with Crippen molar-refractivity contribution < 1.29 is 4.74 Å². The molecule has 5 fully saturated rings. The Morgan fingerprint density at radius 1 is 0.900 bits per heavy atom. The van der Waals surface area contributed by atoms with Crippen LogP contribution in [0.25, 0.3) is 0 Å². The van der Waals surface area contributed by atoms with Crippen LogP contribution in [0.2, 0.25) is 0 Å². The third-order valence-electron chi connectivity index (χ3n) is 6.43. The number of hydrogen-bond acceptors (Lipinski definition) is 2. The summed E-state index contributed by atoms with van der Waals surface area (Å²) in [7, 11) is 0. The summed E-state index contributed by atoms with van der Waals surface area (Å²) in [4.78, 5) is 4.86. The number of para-hydroxylation sites is 1. The maximum absolute atomic E-state index is 5.86. The van der Waals surface area contributed by atoms with Gasteiger partial charge in [0.05, 0.1) is 11.1 Å². The van der Waals surface area contributed by atoms with Crippen molar-refractivity contribution in [1.29, 1.82) is 0 Å². The Balaban J connectivity index is 1.53. The lowest BCUT2D eigenvalue weighted by Crippen LogP contribution is -2.64. The van der Waals surface area contributed by atoms with E-state index in [9.17, 15) is 0 Å². The van der Waals surface area contributed by atoms with E-state index in [0.717, 1.165) is 41.9 Å². The van der Waals surface area contributed by atoms with Gasteiger partial charge in [-0.3, -0.25) is 0 Å². The molecule has 2 heteroatoms. The molecule has 0 N–H and O–H groups in total. The van der Waals surface area contributed by atoms with Gasteiger partial charge in [-0.15, -0.1) is 0 Å². The second-order valence-corrected chi connectivity index (χ2v) is 7.39. The van der Waals surface area contributed by atoms with Crippen LogP contribution < -0.4 is 0 Å². The molecule has 1 heterocycles. The van der Waals surface area contributed by atoms with Gasteiger partial charge in [-0.25, -0.2) is 4.99 Å². The molecule has 0 atom stereocenters. The normalized spacial score (nSPS) is 46.5. The van der Waals surface area contributed by atoms with Gasteiger partial charge in [0, 0.05) is 0 Å². The van der Waals surface area contributed by atoms with E-state index in [-0.39, 0.29) is 0 Å². The first-order valence-corrected chi connectivity index (χ1v) is 8.11. The highest BCUT2D eigenvalue weighted by atomic mass is 16.5. The zero-order valence-electron chi connectivity index (χ0n) is 11.8. The second kappa shape index (κ2) is 3.87. The SMILES string of the molecule is c1ccc(N=C2OCC23C2CC4CC(C2)CC3C4)cc1. The summed E-state index contributed by atoms with van der Waals surface area (Å²) >= 11 is 0. The molecule has 1 spiro atoms. The second-order valence-electron chi connectivity index (χ2n) is 7.39. The van der Waals surface area contributed by atoms with Crippen LogP contribution in [0.1, 0.15) is 32.1 Å². The summed E-state index contributed by atoms with van der Waals surface area (Å²) in [6, 6.07) is 10.3. The molecule has 5 aliphatic rings. The zero-order valence-corrected chi connectivity index (χ0v) is 11.8. The molecular weight excluding hydrogens is 246 g/mol. The summed E-state index contributed by atoms with van der Waals surface area (Å²) in [5.74, 6) is 4.81. The minimum atomic E-state index is 0.323. The van der Waals surface area contributed by atoms with Crippen molar-refractivity contribution in [2.45, 2.75) is 32.1 Å². The first kappa shape index (κ1) is 11.4. The van der Waals surface area contributed by atoms with Gasteiger partial charge in [0.25, 0.3) is 0 Å². The molecule has 1 saturated heterocycles. The Hall–Kier alpha value is -1.31. The quantitative estimate of drug-likeness (QED) is 0.747. The molecule has 4 aliphatic carbocycles. The molecule has 0 radical (unpaired) electrons. The van der Waals surface area contributed by atoms with Crippen molar-refractivity contribution in [3.8, 4) is 0 Å². The Morgan fingerprint density at radius 2 is 1.55 bits per heavy atom. The number of benzene rings is 1. The Labute approximate surface area is 120 Å². The highest BCUT2D eigenvalue weighted by molar-refractivity contribution is 5.90. The van der Waals surface area contributed by atoms with Crippen LogP contribution in [0, 0.1) is 29.1 Å². The van der Waals surface area contributed by atoms with Crippen LogP contribution in [0.3, 0.4) is 0 Å². The van der Waals surface area contributed by atoms with Gasteiger partial charge in [-0.05, 0) is 67.9 Å². The fourth-order valence-corrected chi connectivity index (χ4v) is 5.67. The Morgan fingerprint density at radius 3 is 2.10 bits per heavy atom. The van der Waals surface area contributed by atoms with Crippen molar-refractivity contribution in [3.63, 3.8) is 0 Å². The minimum absolute atomic E-state index is 0.323. The van der Waals surface area contributed by atoms with E-state index in [4.69, 9.17) is 9.73 Å². The van der Waals surface area contributed by atoms with Crippen molar-refractivity contribution >= 4 is 11.6 Å². The van der Waals surface area contributed by atoms with Crippen LogP contribution in [0.15, 0.2) is 35.3 Å². The van der Waals surface area contributed by atoms with Gasteiger partial charge in [0.15, 0.2) is 5.90 Å². The largest absolute Gasteiger partial charge is 0.479 e. The third kappa shape index (κ3) is 1.37. The number of nitrogens with zero attached hydrogens (tertiary/aromatic N) is 1. The summed E-state index contributed by atoms with van der Waals surface area (Å²) < 4.78 is 5.86. The maximum Gasteiger partial charge on any atom is 0.198 e. The average molecular weight is 267 g/mol. The topological polar surface area (TPSA) is 21.6 Å². The Bertz CT molecular complexity index is 534. The van der Waals surface area contributed by atoms with Crippen molar-refractivity contribution in [2.24, 2.45) is 34.1 Å². The van der Waals surface area contributed by atoms with E-state index in [2.05, 4.69) is 24.3 Å². The summed E-state index contributed by atoms with van der Waals surface area (Å²) in [5.41, 5.74) is 1.37. The molecule has 1 aliphatic heterocycles. The fraction of sp³-hybridized carbons (Fsp3) is 0.611. The summed E-state index contributed by atoms with van der Waals surface area (Å²) in [5, 5.41) is 0. The molecule has 4 bridgehead atoms. The molecule has 0 amide bonds. The average Bonchev–Trinajstić information content (AvgIpc) is 2.44. The van der Waals surface area contributed by atoms with Gasteiger partial charge in [0.1, 0.15) is 6.61 Å². The van der Waals surface area contributed by atoms with Crippen molar-refractivity contribution in [3.05, 3.63) is 30.3 Å². The molecule has 1 aromatic rings. The number of aliphatic imine (C=N–C) groups is 1. The van der Waals surface area contributed by atoms with E-state index in [1.54, 1.807) is 0 Å². The highest BCUT2D eigenvalue weighted by Crippen LogP contribution is 2.65. The molecule has 0 unspecified atom stereocenters. The zero-order chi connectivity index (χ0) is 13.2. The van der Waals surface area contributed by atoms with E-state index in [1.165, 1.54) is 32.1 Å². The lowest BCUT2D eigenvalue weighted by molar-refractivity contribution is -0.136. The van der Waals surface area contributed by atoms with Crippen LogP contribution in [-0.2, 0) is 4.74 Å². The fourth-order valence-electron chi connectivity index (χ4n) is 5.67. The molecule has 0 aromatic heterocycles. The van der Waals surface area contributed by atoms with Gasteiger partial charge >= 0.3 is 0 Å². The van der Waals surface area contributed by atoms with Crippen LogP contribution in [-0.4, -0.2) is 12.5 Å². The first-order valence-electron chi connectivity index (χ1n) is 8.11. The van der Waals surface area contributed by atoms with E-state index in [1.807, 2.05) is 6.07 Å². The van der Waals surface area contributed by atoms with Gasteiger partial charge in [-0.1, -0.05) is 18.2 Å².